The summed E-state index contributed by atoms with van der Waals surface area (Å²) in [4.78, 5) is 6.50. The van der Waals surface area contributed by atoms with Crippen LogP contribution in [0.15, 0.2) is 24.5 Å². The Labute approximate surface area is 131 Å². The van der Waals surface area contributed by atoms with E-state index in [0.29, 0.717) is 11.5 Å². The van der Waals surface area contributed by atoms with Gasteiger partial charge in [-0.05, 0) is 62.5 Å². The highest BCUT2D eigenvalue weighted by Gasteiger charge is 2.23. The quantitative estimate of drug-likeness (QED) is 0.756. The molecule has 0 aliphatic rings. The molecule has 0 spiro atoms. The standard InChI is InChI=1S/C18H33N3/c1-6-11-20-17(18(2,3)4)10-15-21(5)14-9-16-7-12-19-13-8-16/h7-8,12-13,17,20H,6,9-11,14-15H2,1-5H3. The van der Waals surface area contributed by atoms with Gasteiger partial charge in [0.1, 0.15) is 0 Å². The molecule has 0 fully saturated rings. The molecule has 21 heavy (non-hydrogen) atoms. The average Bonchev–Trinajstić information content (AvgIpc) is 2.45. The largest absolute Gasteiger partial charge is 0.313 e. The van der Waals surface area contributed by atoms with Crippen molar-refractivity contribution in [3.05, 3.63) is 30.1 Å². The maximum Gasteiger partial charge on any atom is 0.0270 e. The van der Waals surface area contributed by atoms with Gasteiger partial charge < -0.3 is 10.2 Å². The van der Waals surface area contributed by atoms with Crippen LogP contribution >= 0.6 is 0 Å². The second-order valence-electron chi connectivity index (χ2n) is 7.07. The molecule has 1 rings (SSSR count). The summed E-state index contributed by atoms with van der Waals surface area (Å²) in [6.07, 6.45) is 7.25. The van der Waals surface area contributed by atoms with Gasteiger partial charge in [-0.3, -0.25) is 4.98 Å². The molecule has 0 saturated carbocycles. The van der Waals surface area contributed by atoms with E-state index in [0.717, 1.165) is 26.1 Å². The topological polar surface area (TPSA) is 28.2 Å². The molecule has 1 aromatic heterocycles. The lowest BCUT2D eigenvalue weighted by molar-refractivity contribution is 0.222. The van der Waals surface area contributed by atoms with E-state index in [1.807, 2.05) is 12.4 Å². The monoisotopic (exact) mass is 291 g/mol. The van der Waals surface area contributed by atoms with Gasteiger partial charge in [-0.25, -0.2) is 0 Å². The zero-order valence-corrected chi connectivity index (χ0v) is 14.5. The zero-order valence-electron chi connectivity index (χ0n) is 14.5. The Morgan fingerprint density at radius 2 is 1.86 bits per heavy atom. The minimum atomic E-state index is 0.321. The van der Waals surface area contributed by atoms with E-state index in [4.69, 9.17) is 0 Å². The Balaban J connectivity index is 2.33. The summed E-state index contributed by atoms with van der Waals surface area (Å²) in [5, 5.41) is 3.70. The second-order valence-corrected chi connectivity index (χ2v) is 7.07. The van der Waals surface area contributed by atoms with Crippen molar-refractivity contribution in [3.63, 3.8) is 0 Å². The first-order valence-corrected chi connectivity index (χ1v) is 8.24. The van der Waals surface area contributed by atoms with Crippen LogP contribution < -0.4 is 5.32 Å². The van der Waals surface area contributed by atoms with Crippen molar-refractivity contribution in [2.45, 2.75) is 53.0 Å². The molecule has 0 bridgehead atoms. The van der Waals surface area contributed by atoms with Crippen molar-refractivity contribution in [2.24, 2.45) is 5.41 Å². The Morgan fingerprint density at radius 1 is 1.19 bits per heavy atom. The third kappa shape index (κ3) is 7.58. The number of nitrogens with zero attached hydrogens (tertiary/aromatic N) is 2. The van der Waals surface area contributed by atoms with E-state index >= 15 is 0 Å². The van der Waals surface area contributed by atoms with Crippen molar-refractivity contribution in [2.75, 3.05) is 26.7 Å². The molecular weight excluding hydrogens is 258 g/mol. The van der Waals surface area contributed by atoms with Gasteiger partial charge in [0.05, 0.1) is 0 Å². The minimum absolute atomic E-state index is 0.321. The Morgan fingerprint density at radius 3 is 2.43 bits per heavy atom. The number of rotatable bonds is 9. The molecule has 120 valence electrons. The maximum absolute atomic E-state index is 4.07. The summed E-state index contributed by atoms with van der Waals surface area (Å²) in [5.41, 5.74) is 1.69. The number of hydrogen-bond donors (Lipinski definition) is 1. The Kier molecular flexibility index (Phi) is 7.91. The molecular formula is C18H33N3. The van der Waals surface area contributed by atoms with Crippen LogP contribution in [-0.2, 0) is 6.42 Å². The van der Waals surface area contributed by atoms with Crippen molar-refractivity contribution >= 4 is 0 Å². The summed E-state index contributed by atoms with van der Waals surface area (Å²) >= 11 is 0. The van der Waals surface area contributed by atoms with Gasteiger partial charge in [0.25, 0.3) is 0 Å². The Hall–Kier alpha value is -0.930. The number of likely N-dealkylation sites (N-methyl/N-ethyl adjacent to an activating group) is 1. The normalized spacial score (nSPS) is 13.6. The Bertz CT molecular complexity index is 370. The first-order valence-electron chi connectivity index (χ1n) is 8.24. The van der Waals surface area contributed by atoms with Crippen LogP contribution in [0.2, 0.25) is 0 Å². The second kappa shape index (κ2) is 9.16. The van der Waals surface area contributed by atoms with Crippen LogP contribution in [0.4, 0.5) is 0 Å². The minimum Gasteiger partial charge on any atom is -0.313 e. The van der Waals surface area contributed by atoms with Gasteiger partial charge in [-0.1, -0.05) is 27.7 Å². The summed E-state index contributed by atoms with van der Waals surface area (Å²) in [6.45, 7) is 12.6. The van der Waals surface area contributed by atoms with Gasteiger partial charge in [0, 0.05) is 25.0 Å². The van der Waals surface area contributed by atoms with Crippen LogP contribution in [-0.4, -0.2) is 42.6 Å². The lowest BCUT2D eigenvalue weighted by Crippen LogP contribution is -2.43. The SMILES string of the molecule is CCCNC(CCN(C)CCc1ccncc1)C(C)(C)C. The molecule has 3 nitrogen and oxygen atoms in total. The molecule has 0 saturated heterocycles. The summed E-state index contributed by atoms with van der Waals surface area (Å²) in [6, 6.07) is 4.80. The molecule has 0 aliphatic heterocycles. The van der Waals surface area contributed by atoms with Gasteiger partial charge >= 0.3 is 0 Å². The highest BCUT2D eigenvalue weighted by atomic mass is 15.1. The lowest BCUT2D eigenvalue weighted by atomic mass is 9.84. The fourth-order valence-corrected chi connectivity index (χ4v) is 2.49. The van der Waals surface area contributed by atoms with Crippen LogP contribution in [0, 0.1) is 5.41 Å². The molecule has 0 radical (unpaired) electrons. The van der Waals surface area contributed by atoms with Crippen molar-refractivity contribution in [1.29, 1.82) is 0 Å². The maximum atomic E-state index is 4.07. The fourth-order valence-electron chi connectivity index (χ4n) is 2.49. The van der Waals surface area contributed by atoms with Gasteiger partial charge in [0.2, 0.25) is 0 Å². The van der Waals surface area contributed by atoms with E-state index < -0.39 is 0 Å². The first kappa shape index (κ1) is 18.1. The highest BCUT2D eigenvalue weighted by molar-refractivity contribution is 5.09. The van der Waals surface area contributed by atoms with Gasteiger partial charge in [-0.15, -0.1) is 0 Å². The van der Waals surface area contributed by atoms with Crippen LogP contribution in [0.5, 0.6) is 0 Å². The molecule has 0 amide bonds. The highest BCUT2D eigenvalue weighted by Crippen LogP contribution is 2.22. The average molecular weight is 291 g/mol. The first-order chi connectivity index (χ1) is 9.93. The van der Waals surface area contributed by atoms with Gasteiger partial charge in [0.15, 0.2) is 0 Å². The molecule has 0 aromatic carbocycles. The third-order valence-electron chi connectivity index (χ3n) is 4.02. The van der Waals surface area contributed by atoms with Gasteiger partial charge in [-0.2, -0.15) is 0 Å². The molecule has 1 unspecified atom stereocenters. The fraction of sp³-hybridized carbons (Fsp3) is 0.722. The van der Waals surface area contributed by atoms with Crippen molar-refractivity contribution in [3.8, 4) is 0 Å². The molecule has 1 atom stereocenters. The van der Waals surface area contributed by atoms with Crippen molar-refractivity contribution < 1.29 is 0 Å². The zero-order chi connectivity index (χ0) is 15.7. The number of pyridine rings is 1. The van der Waals surface area contributed by atoms with E-state index in [9.17, 15) is 0 Å². The number of nitrogens with one attached hydrogen (secondary N) is 1. The van der Waals surface area contributed by atoms with E-state index in [1.54, 1.807) is 0 Å². The van der Waals surface area contributed by atoms with E-state index in [-0.39, 0.29) is 0 Å². The molecule has 1 aromatic rings. The van der Waals surface area contributed by atoms with E-state index in [2.05, 4.69) is 62.1 Å². The summed E-state index contributed by atoms with van der Waals surface area (Å²) < 4.78 is 0. The van der Waals surface area contributed by atoms with E-state index in [1.165, 1.54) is 18.4 Å². The third-order valence-corrected chi connectivity index (χ3v) is 4.02. The predicted molar refractivity (Wildman–Crippen MR) is 91.6 cm³/mol. The molecule has 1 heterocycles. The molecule has 1 N–H and O–H groups in total. The predicted octanol–water partition coefficient (Wildman–Crippen LogP) is 3.36. The number of aromatic nitrogens is 1. The number of hydrogen-bond acceptors (Lipinski definition) is 3. The lowest BCUT2D eigenvalue weighted by Gasteiger charge is -2.33. The molecule has 0 aliphatic carbocycles. The smallest absolute Gasteiger partial charge is 0.0270 e. The summed E-state index contributed by atoms with van der Waals surface area (Å²) in [7, 11) is 2.22. The van der Waals surface area contributed by atoms with Crippen LogP contribution in [0.1, 0.15) is 46.1 Å². The van der Waals surface area contributed by atoms with Crippen molar-refractivity contribution in [1.82, 2.24) is 15.2 Å². The van der Waals surface area contributed by atoms with Crippen LogP contribution in [0.3, 0.4) is 0 Å². The van der Waals surface area contributed by atoms with Crippen LogP contribution in [0.25, 0.3) is 0 Å². The summed E-state index contributed by atoms with van der Waals surface area (Å²) in [5.74, 6) is 0. The molecule has 3 heteroatoms.